The Balaban J connectivity index is 2.70. The maximum Gasteiger partial charge on any atom is 0.224 e. The number of carbonyl (C=O) groups excluding carboxylic acids is 1. The quantitative estimate of drug-likeness (QED) is 0.644. The van der Waals surface area contributed by atoms with E-state index in [0.717, 1.165) is 6.42 Å². The molecule has 74 valence electrons. The lowest BCUT2D eigenvalue weighted by atomic mass is 10.2. The molecule has 1 aliphatic rings. The largest absolute Gasteiger partial charge is 0.317 e. The van der Waals surface area contributed by atoms with Crippen LogP contribution in [0.1, 0.15) is 33.6 Å². The molecule has 0 aliphatic carbocycles. The molecule has 1 heterocycles. The van der Waals surface area contributed by atoms with Gasteiger partial charge in [0.1, 0.15) is 6.17 Å². The molecule has 0 aromatic rings. The first-order chi connectivity index (χ1) is 6.19. The molecule has 0 fully saturated rings. The van der Waals surface area contributed by atoms with Gasteiger partial charge in [0.25, 0.3) is 0 Å². The molecule has 4 nitrogen and oxygen atoms in total. The van der Waals surface area contributed by atoms with Gasteiger partial charge in [0.15, 0.2) is 0 Å². The highest BCUT2D eigenvalue weighted by molar-refractivity contribution is 5.76. The topological polar surface area (TPSA) is 45.0 Å². The zero-order valence-electron chi connectivity index (χ0n) is 8.53. The number of azo groups is 1. The second kappa shape index (κ2) is 4.35. The molecular weight excluding hydrogens is 166 g/mol. The standard InChI is InChI=1S/C9H17N3O/c1-4-8-11-10-7(3)6-12(8)9(13)5-2/h7-8H,4-6H2,1-3H3. The zero-order valence-corrected chi connectivity index (χ0v) is 8.53. The zero-order chi connectivity index (χ0) is 9.84. The molecule has 0 N–H and O–H groups in total. The molecule has 0 saturated carbocycles. The van der Waals surface area contributed by atoms with Crippen LogP contribution in [0, 0.1) is 0 Å². The lowest BCUT2D eigenvalue weighted by molar-refractivity contribution is -0.134. The van der Waals surface area contributed by atoms with Crippen LogP contribution in [0.4, 0.5) is 0 Å². The van der Waals surface area contributed by atoms with E-state index >= 15 is 0 Å². The van der Waals surface area contributed by atoms with E-state index in [2.05, 4.69) is 10.2 Å². The van der Waals surface area contributed by atoms with Crippen LogP contribution in [0.25, 0.3) is 0 Å². The Morgan fingerprint density at radius 1 is 1.46 bits per heavy atom. The maximum absolute atomic E-state index is 11.5. The first-order valence-corrected chi connectivity index (χ1v) is 4.88. The number of amides is 1. The highest BCUT2D eigenvalue weighted by atomic mass is 16.2. The Morgan fingerprint density at radius 3 is 2.69 bits per heavy atom. The third-order valence-corrected chi connectivity index (χ3v) is 2.21. The summed E-state index contributed by atoms with van der Waals surface area (Å²) in [6.07, 6.45) is 1.38. The predicted molar refractivity (Wildman–Crippen MR) is 50.4 cm³/mol. The summed E-state index contributed by atoms with van der Waals surface area (Å²) in [6.45, 7) is 6.60. The minimum absolute atomic E-state index is 0.0244. The molecule has 0 aromatic carbocycles. The van der Waals surface area contributed by atoms with E-state index in [1.54, 1.807) is 0 Å². The first-order valence-electron chi connectivity index (χ1n) is 4.88. The van der Waals surface area contributed by atoms with Crippen molar-refractivity contribution in [3.05, 3.63) is 0 Å². The van der Waals surface area contributed by atoms with E-state index in [1.807, 2.05) is 25.7 Å². The summed E-state index contributed by atoms with van der Waals surface area (Å²) < 4.78 is 0. The fraction of sp³-hybridized carbons (Fsp3) is 0.889. The Morgan fingerprint density at radius 2 is 2.15 bits per heavy atom. The van der Waals surface area contributed by atoms with Crippen molar-refractivity contribution in [2.45, 2.75) is 45.8 Å². The van der Waals surface area contributed by atoms with Crippen molar-refractivity contribution < 1.29 is 4.79 Å². The van der Waals surface area contributed by atoms with Crippen molar-refractivity contribution in [3.63, 3.8) is 0 Å². The SMILES string of the molecule is CCC(=O)N1CC(C)N=NC1CC. The van der Waals surface area contributed by atoms with Crippen LogP contribution in [0.3, 0.4) is 0 Å². The van der Waals surface area contributed by atoms with Gasteiger partial charge in [0, 0.05) is 13.0 Å². The maximum atomic E-state index is 11.5. The van der Waals surface area contributed by atoms with E-state index in [0.29, 0.717) is 13.0 Å². The number of nitrogens with zero attached hydrogens (tertiary/aromatic N) is 3. The van der Waals surface area contributed by atoms with Gasteiger partial charge in [-0.1, -0.05) is 13.8 Å². The number of hydrogen-bond acceptors (Lipinski definition) is 3. The molecule has 2 atom stereocenters. The smallest absolute Gasteiger partial charge is 0.224 e. The lowest BCUT2D eigenvalue weighted by Crippen LogP contribution is -2.44. The summed E-state index contributed by atoms with van der Waals surface area (Å²) in [5, 5.41) is 8.19. The van der Waals surface area contributed by atoms with Gasteiger partial charge in [-0.05, 0) is 13.3 Å². The van der Waals surface area contributed by atoms with E-state index in [9.17, 15) is 4.79 Å². The Hall–Kier alpha value is -0.930. The second-order valence-electron chi connectivity index (χ2n) is 3.37. The van der Waals surface area contributed by atoms with Gasteiger partial charge in [-0.2, -0.15) is 10.2 Å². The third-order valence-electron chi connectivity index (χ3n) is 2.21. The molecule has 0 spiro atoms. The van der Waals surface area contributed by atoms with Gasteiger partial charge in [-0.25, -0.2) is 0 Å². The average Bonchev–Trinajstić information content (AvgIpc) is 2.16. The van der Waals surface area contributed by atoms with E-state index < -0.39 is 0 Å². The van der Waals surface area contributed by atoms with Crippen LogP contribution >= 0.6 is 0 Å². The van der Waals surface area contributed by atoms with Crippen LogP contribution in [-0.4, -0.2) is 29.6 Å². The molecule has 0 radical (unpaired) electrons. The molecule has 0 bridgehead atoms. The summed E-state index contributed by atoms with van der Waals surface area (Å²) in [7, 11) is 0. The first kappa shape index (κ1) is 10.2. The van der Waals surface area contributed by atoms with Crippen molar-refractivity contribution >= 4 is 5.91 Å². The molecule has 1 rings (SSSR count). The van der Waals surface area contributed by atoms with Crippen LogP contribution in [0.2, 0.25) is 0 Å². The fourth-order valence-electron chi connectivity index (χ4n) is 1.47. The highest BCUT2D eigenvalue weighted by Gasteiger charge is 2.25. The van der Waals surface area contributed by atoms with E-state index in [-0.39, 0.29) is 18.1 Å². The molecule has 0 aromatic heterocycles. The second-order valence-corrected chi connectivity index (χ2v) is 3.37. The van der Waals surface area contributed by atoms with Gasteiger partial charge in [-0.3, -0.25) is 4.79 Å². The van der Waals surface area contributed by atoms with Gasteiger partial charge in [0.2, 0.25) is 5.91 Å². The summed E-state index contributed by atoms with van der Waals surface area (Å²) in [5.74, 6) is 0.178. The van der Waals surface area contributed by atoms with Gasteiger partial charge in [-0.15, -0.1) is 0 Å². The van der Waals surface area contributed by atoms with Crippen LogP contribution < -0.4 is 0 Å². The van der Waals surface area contributed by atoms with Crippen molar-refractivity contribution in [2.75, 3.05) is 6.54 Å². The summed E-state index contributed by atoms with van der Waals surface area (Å²) >= 11 is 0. The van der Waals surface area contributed by atoms with Crippen molar-refractivity contribution in [1.29, 1.82) is 0 Å². The van der Waals surface area contributed by atoms with Crippen LogP contribution in [0.15, 0.2) is 10.2 Å². The summed E-state index contributed by atoms with van der Waals surface area (Å²) in [5.41, 5.74) is 0. The fourth-order valence-corrected chi connectivity index (χ4v) is 1.47. The summed E-state index contributed by atoms with van der Waals surface area (Å²) in [6, 6.07) is 0.151. The van der Waals surface area contributed by atoms with Gasteiger partial charge >= 0.3 is 0 Å². The minimum Gasteiger partial charge on any atom is -0.317 e. The third kappa shape index (κ3) is 2.26. The monoisotopic (exact) mass is 183 g/mol. The molecular formula is C9H17N3O. The molecule has 4 heteroatoms. The van der Waals surface area contributed by atoms with E-state index in [4.69, 9.17) is 0 Å². The van der Waals surface area contributed by atoms with Gasteiger partial charge < -0.3 is 4.90 Å². The Kier molecular flexibility index (Phi) is 3.39. The molecule has 2 unspecified atom stereocenters. The predicted octanol–water partition coefficient (Wildman–Crippen LogP) is 1.82. The summed E-state index contributed by atoms with van der Waals surface area (Å²) in [4.78, 5) is 13.3. The van der Waals surface area contributed by atoms with Gasteiger partial charge in [0.05, 0.1) is 6.04 Å². The molecule has 13 heavy (non-hydrogen) atoms. The number of rotatable bonds is 2. The van der Waals surface area contributed by atoms with E-state index in [1.165, 1.54) is 0 Å². The Labute approximate surface area is 79.0 Å². The van der Waals surface area contributed by atoms with Crippen molar-refractivity contribution in [3.8, 4) is 0 Å². The molecule has 1 amide bonds. The lowest BCUT2D eigenvalue weighted by Gasteiger charge is -2.32. The van der Waals surface area contributed by atoms with Crippen molar-refractivity contribution in [1.82, 2.24) is 4.90 Å². The Bertz CT molecular complexity index is 215. The van der Waals surface area contributed by atoms with Crippen molar-refractivity contribution in [2.24, 2.45) is 10.2 Å². The molecule has 1 aliphatic heterocycles. The average molecular weight is 183 g/mol. The minimum atomic E-state index is -0.0244. The molecule has 0 saturated heterocycles. The van der Waals surface area contributed by atoms with Crippen LogP contribution in [0.5, 0.6) is 0 Å². The normalized spacial score (nSPS) is 27.8. The van der Waals surface area contributed by atoms with Crippen LogP contribution in [-0.2, 0) is 4.79 Å². The number of carbonyl (C=O) groups is 1. The highest BCUT2D eigenvalue weighted by Crippen LogP contribution is 2.15. The number of hydrogen-bond donors (Lipinski definition) is 0.